The van der Waals surface area contributed by atoms with E-state index in [0.717, 1.165) is 29.7 Å². The molecule has 0 aliphatic carbocycles. The Hall–Kier alpha value is -4.34. The van der Waals surface area contributed by atoms with E-state index in [-0.39, 0.29) is 18.7 Å². The third-order valence-electron chi connectivity index (χ3n) is 5.31. The Labute approximate surface area is 228 Å². The molecule has 0 saturated heterocycles. The minimum atomic E-state index is -0.533. The number of anilines is 1. The van der Waals surface area contributed by atoms with Gasteiger partial charge in [-0.2, -0.15) is 5.10 Å². The van der Waals surface area contributed by atoms with Crippen LogP contribution >= 0.6 is 0 Å². The van der Waals surface area contributed by atoms with E-state index >= 15 is 0 Å². The Morgan fingerprint density at radius 3 is 2.46 bits per heavy atom. The summed E-state index contributed by atoms with van der Waals surface area (Å²) >= 11 is 0. The molecule has 208 valence electrons. The van der Waals surface area contributed by atoms with Crippen molar-refractivity contribution in [3.63, 3.8) is 0 Å². The number of ether oxygens (including phenoxy) is 3. The Balaban J connectivity index is 1.52. The van der Waals surface area contributed by atoms with Crippen LogP contribution in [0, 0.1) is 0 Å². The fraction of sp³-hybridized carbons (Fsp3) is 0.379. The van der Waals surface area contributed by atoms with Crippen LogP contribution in [-0.4, -0.2) is 47.3 Å². The molecule has 0 aliphatic heterocycles. The first-order chi connectivity index (χ1) is 18.6. The number of amides is 2. The van der Waals surface area contributed by atoms with E-state index in [1.54, 1.807) is 31.2 Å². The van der Waals surface area contributed by atoms with E-state index in [1.165, 1.54) is 10.7 Å². The van der Waals surface area contributed by atoms with E-state index in [4.69, 9.17) is 14.2 Å². The Morgan fingerprint density at radius 2 is 1.74 bits per heavy atom. The van der Waals surface area contributed by atoms with Gasteiger partial charge in [0.1, 0.15) is 11.4 Å². The van der Waals surface area contributed by atoms with Crippen LogP contribution in [0.4, 0.5) is 15.3 Å². The van der Waals surface area contributed by atoms with Gasteiger partial charge in [0.05, 0.1) is 25.5 Å². The topological polar surface area (TPSA) is 121 Å². The molecule has 2 aromatic carbocycles. The number of benzene rings is 2. The SMILES string of the molecule is CCOC(=O)Nc1cccc(Cn2nc(-c3ccc(OCCCCNC(=O)OC(C)(C)C)cc3)ccc2=O)c1. The number of carbonyl (C=O) groups excluding carboxylic acids is 2. The summed E-state index contributed by atoms with van der Waals surface area (Å²) in [5, 5.41) is 9.92. The minimum absolute atomic E-state index is 0.233. The molecule has 0 saturated carbocycles. The average molecular weight is 537 g/mol. The lowest BCUT2D eigenvalue weighted by Crippen LogP contribution is -2.33. The molecule has 10 heteroatoms. The third-order valence-corrected chi connectivity index (χ3v) is 5.31. The molecule has 0 aliphatic rings. The number of nitrogens with one attached hydrogen (secondary N) is 2. The van der Waals surface area contributed by atoms with Crippen molar-refractivity contribution >= 4 is 17.9 Å². The predicted octanol–water partition coefficient (Wildman–Crippen LogP) is 5.21. The second-order valence-electron chi connectivity index (χ2n) is 9.77. The van der Waals surface area contributed by atoms with Gasteiger partial charge in [-0.3, -0.25) is 10.1 Å². The van der Waals surface area contributed by atoms with Gasteiger partial charge in [-0.05, 0) is 88.6 Å². The third kappa shape index (κ3) is 10.1. The number of hydrogen-bond donors (Lipinski definition) is 2. The molecule has 3 aromatic rings. The van der Waals surface area contributed by atoms with E-state index < -0.39 is 17.8 Å². The van der Waals surface area contributed by atoms with Gasteiger partial charge in [0.25, 0.3) is 5.56 Å². The smallest absolute Gasteiger partial charge is 0.411 e. The highest BCUT2D eigenvalue weighted by atomic mass is 16.6. The number of nitrogens with zero attached hydrogens (tertiary/aromatic N) is 2. The zero-order valence-corrected chi connectivity index (χ0v) is 22.9. The van der Waals surface area contributed by atoms with E-state index in [9.17, 15) is 14.4 Å². The van der Waals surface area contributed by atoms with Crippen LogP contribution in [0.15, 0.2) is 65.5 Å². The summed E-state index contributed by atoms with van der Waals surface area (Å²) in [5.41, 5.74) is 2.13. The van der Waals surface area contributed by atoms with Gasteiger partial charge < -0.3 is 19.5 Å². The molecule has 0 bridgehead atoms. The summed E-state index contributed by atoms with van der Waals surface area (Å²) in [4.78, 5) is 35.8. The monoisotopic (exact) mass is 536 g/mol. The molecule has 39 heavy (non-hydrogen) atoms. The molecule has 10 nitrogen and oxygen atoms in total. The fourth-order valence-electron chi connectivity index (χ4n) is 3.57. The normalized spacial score (nSPS) is 11.0. The molecule has 0 fully saturated rings. The first-order valence-corrected chi connectivity index (χ1v) is 12.9. The quantitative estimate of drug-likeness (QED) is 0.323. The lowest BCUT2D eigenvalue weighted by molar-refractivity contribution is 0.0526. The second-order valence-corrected chi connectivity index (χ2v) is 9.77. The standard InChI is InChI=1S/C29H36N4O6/c1-5-37-28(36)31-23-10-8-9-21(19-23)20-33-26(34)16-15-25(32-33)22-11-13-24(14-12-22)38-18-7-6-17-30-27(35)39-29(2,3)4/h8-16,19H,5-7,17-18,20H2,1-4H3,(H,30,35)(H,31,36). The van der Waals surface area contributed by atoms with Crippen LogP contribution < -0.4 is 20.9 Å². The van der Waals surface area contributed by atoms with Crippen LogP contribution in [0.1, 0.15) is 46.1 Å². The van der Waals surface area contributed by atoms with Crippen LogP contribution in [0.5, 0.6) is 5.75 Å². The van der Waals surface area contributed by atoms with Crippen LogP contribution in [0.3, 0.4) is 0 Å². The Kier molecular flexibility index (Phi) is 10.5. The zero-order valence-electron chi connectivity index (χ0n) is 22.9. The molecule has 0 spiro atoms. The van der Waals surface area contributed by atoms with Gasteiger partial charge in [-0.25, -0.2) is 14.3 Å². The maximum absolute atomic E-state index is 12.5. The number of aromatic nitrogens is 2. The lowest BCUT2D eigenvalue weighted by Gasteiger charge is -2.19. The largest absolute Gasteiger partial charge is 0.494 e. The molecule has 0 unspecified atom stereocenters. The molecule has 2 amide bonds. The maximum atomic E-state index is 12.5. The van der Waals surface area contributed by atoms with Crippen molar-refractivity contribution in [2.45, 2.75) is 52.7 Å². The Bertz CT molecular complexity index is 1300. The summed E-state index contributed by atoms with van der Waals surface area (Å²) in [5.74, 6) is 0.720. The number of unbranched alkanes of at least 4 members (excludes halogenated alkanes) is 1. The van der Waals surface area contributed by atoms with E-state index in [2.05, 4.69) is 15.7 Å². The van der Waals surface area contributed by atoms with E-state index in [1.807, 2.05) is 51.1 Å². The van der Waals surface area contributed by atoms with E-state index in [0.29, 0.717) is 24.5 Å². The van der Waals surface area contributed by atoms with Crippen LogP contribution in [0.25, 0.3) is 11.3 Å². The van der Waals surface area contributed by atoms with Gasteiger partial charge >= 0.3 is 12.2 Å². The van der Waals surface area contributed by atoms with Crippen molar-refractivity contribution in [3.05, 3.63) is 76.6 Å². The summed E-state index contributed by atoms with van der Waals surface area (Å²) in [7, 11) is 0. The molecule has 0 radical (unpaired) electrons. The van der Waals surface area contributed by atoms with Crippen molar-refractivity contribution < 1.29 is 23.8 Å². The second kappa shape index (κ2) is 14.0. The van der Waals surface area contributed by atoms with Crippen molar-refractivity contribution in [1.29, 1.82) is 0 Å². The predicted molar refractivity (Wildman–Crippen MR) is 149 cm³/mol. The van der Waals surface area contributed by atoms with Crippen molar-refractivity contribution in [1.82, 2.24) is 15.1 Å². The summed E-state index contributed by atoms with van der Waals surface area (Å²) in [6.45, 7) is 8.77. The summed E-state index contributed by atoms with van der Waals surface area (Å²) in [6, 6.07) is 17.8. The number of carbonyl (C=O) groups is 2. The van der Waals surface area contributed by atoms with Gasteiger partial charge in [-0.15, -0.1) is 0 Å². The first kappa shape index (κ1) is 29.2. The summed E-state index contributed by atoms with van der Waals surface area (Å²) < 4.78 is 17.3. The maximum Gasteiger partial charge on any atom is 0.411 e. The Morgan fingerprint density at radius 1 is 0.974 bits per heavy atom. The van der Waals surface area contributed by atoms with Gasteiger partial charge in [0.2, 0.25) is 0 Å². The molecular formula is C29H36N4O6. The molecule has 2 N–H and O–H groups in total. The number of hydrogen-bond acceptors (Lipinski definition) is 7. The van der Waals surface area contributed by atoms with Gasteiger partial charge in [0.15, 0.2) is 0 Å². The first-order valence-electron chi connectivity index (χ1n) is 12.9. The molecule has 3 rings (SSSR count). The van der Waals surface area contributed by atoms with Crippen molar-refractivity contribution in [3.8, 4) is 17.0 Å². The van der Waals surface area contributed by atoms with Crippen molar-refractivity contribution in [2.24, 2.45) is 0 Å². The highest BCUT2D eigenvalue weighted by Crippen LogP contribution is 2.20. The molecular weight excluding hydrogens is 500 g/mol. The highest BCUT2D eigenvalue weighted by Gasteiger charge is 2.15. The lowest BCUT2D eigenvalue weighted by atomic mass is 10.1. The molecule has 0 atom stereocenters. The van der Waals surface area contributed by atoms with Gasteiger partial charge in [0, 0.05) is 23.9 Å². The molecule has 1 heterocycles. The number of alkyl carbamates (subject to hydrolysis) is 1. The van der Waals surface area contributed by atoms with Crippen LogP contribution in [-0.2, 0) is 16.0 Å². The minimum Gasteiger partial charge on any atom is -0.494 e. The fourth-order valence-corrected chi connectivity index (χ4v) is 3.57. The van der Waals surface area contributed by atoms with Gasteiger partial charge in [-0.1, -0.05) is 12.1 Å². The average Bonchev–Trinajstić information content (AvgIpc) is 2.87. The molecule has 1 aromatic heterocycles. The van der Waals surface area contributed by atoms with Crippen LogP contribution in [0.2, 0.25) is 0 Å². The zero-order chi connectivity index (χ0) is 28.3. The summed E-state index contributed by atoms with van der Waals surface area (Å²) in [6.07, 6.45) is 0.596. The van der Waals surface area contributed by atoms with Crippen molar-refractivity contribution in [2.75, 3.05) is 25.1 Å². The highest BCUT2D eigenvalue weighted by molar-refractivity contribution is 5.84. The number of rotatable bonds is 11.